The van der Waals surface area contributed by atoms with E-state index in [2.05, 4.69) is 15.9 Å². The minimum atomic E-state index is -1.10. The fraction of sp³-hybridized carbons (Fsp3) is 0.364. The van der Waals surface area contributed by atoms with Crippen molar-refractivity contribution in [3.8, 4) is 0 Å². The Morgan fingerprint density at radius 2 is 2.12 bits per heavy atom. The van der Waals surface area contributed by atoms with E-state index in [0.717, 1.165) is 6.07 Å². The average molecular weight is 292 g/mol. The van der Waals surface area contributed by atoms with Gasteiger partial charge in [0.1, 0.15) is 0 Å². The second-order valence-corrected chi connectivity index (χ2v) is 4.17. The molecule has 0 saturated heterocycles. The van der Waals surface area contributed by atoms with Crippen LogP contribution < -0.4 is 0 Å². The Labute approximate surface area is 101 Å². The normalized spacial score (nSPS) is 12.3. The zero-order valence-corrected chi connectivity index (χ0v) is 10.6. The number of rotatable bonds is 3. The highest BCUT2D eigenvalue weighted by molar-refractivity contribution is 9.09. The van der Waals surface area contributed by atoms with Crippen LogP contribution in [-0.2, 0) is 0 Å². The molecule has 0 aromatic heterocycles. The van der Waals surface area contributed by atoms with E-state index in [1.54, 1.807) is 7.05 Å². The van der Waals surface area contributed by atoms with Gasteiger partial charge in [0, 0.05) is 18.4 Å². The first-order chi connectivity index (χ1) is 7.49. The number of halogens is 3. The number of carbonyl (C=O) groups is 1. The first kappa shape index (κ1) is 13.1. The van der Waals surface area contributed by atoms with Gasteiger partial charge in [-0.2, -0.15) is 0 Å². The standard InChI is InChI=1S/C11H12BrF2NO/c1-7(6-12)15(2)11(16)8-4-3-5-9(13)10(8)14/h3-5,7H,6H2,1-2H3. The molecule has 0 radical (unpaired) electrons. The smallest absolute Gasteiger partial charge is 0.256 e. The van der Waals surface area contributed by atoms with Crippen molar-refractivity contribution >= 4 is 21.8 Å². The van der Waals surface area contributed by atoms with Crippen LogP contribution in [0.3, 0.4) is 0 Å². The maximum absolute atomic E-state index is 13.3. The Hall–Kier alpha value is -0.970. The van der Waals surface area contributed by atoms with E-state index >= 15 is 0 Å². The summed E-state index contributed by atoms with van der Waals surface area (Å²) in [7, 11) is 1.55. The number of hydrogen-bond acceptors (Lipinski definition) is 1. The molecule has 0 bridgehead atoms. The lowest BCUT2D eigenvalue weighted by Gasteiger charge is -2.23. The number of amides is 1. The number of alkyl halides is 1. The van der Waals surface area contributed by atoms with Crippen molar-refractivity contribution in [1.29, 1.82) is 0 Å². The van der Waals surface area contributed by atoms with E-state index in [1.165, 1.54) is 17.0 Å². The molecule has 88 valence electrons. The number of nitrogens with zero attached hydrogens (tertiary/aromatic N) is 1. The van der Waals surface area contributed by atoms with Crippen molar-refractivity contribution < 1.29 is 13.6 Å². The summed E-state index contributed by atoms with van der Waals surface area (Å²) in [5, 5.41) is 0.576. The van der Waals surface area contributed by atoms with Crippen LogP contribution in [0.15, 0.2) is 18.2 Å². The predicted octanol–water partition coefficient (Wildman–Crippen LogP) is 2.82. The summed E-state index contributed by atoms with van der Waals surface area (Å²) in [6.07, 6.45) is 0. The van der Waals surface area contributed by atoms with E-state index in [1.807, 2.05) is 6.92 Å². The zero-order chi connectivity index (χ0) is 12.3. The molecule has 0 spiro atoms. The van der Waals surface area contributed by atoms with Crippen LogP contribution in [0.4, 0.5) is 8.78 Å². The topological polar surface area (TPSA) is 20.3 Å². The predicted molar refractivity (Wildman–Crippen MR) is 61.7 cm³/mol. The maximum atomic E-state index is 13.3. The van der Waals surface area contributed by atoms with E-state index < -0.39 is 17.5 Å². The van der Waals surface area contributed by atoms with Crippen molar-refractivity contribution in [1.82, 2.24) is 4.90 Å². The third-order valence-electron chi connectivity index (χ3n) is 2.39. The van der Waals surface area contributed by atoms with Crippen LogP contribution in [0, 0.1) is 11.6 Å². The summed E-state index contributed by atoms with van der Waals surface area (Å²) in [6.45, 7) is 1.81. The molecule has 0 fully saturated rings. The van der Waals surface area contributed by atoms with Gasteiger partial charge in [-0.05, 0) is 19.1 Å². The van der Waals surface area contributed by atoms with Gasteiger partial charge in [0.25, 0.3) is 5.91 Å². The minimum Gasteiger partial charge on any atom is -0.338 e. The molecular formula is C11H12BrF2NO. The first-order valence-corrected chi connectivity index (χ1v) is 5.88. The number of hydrogen-bond donors (Lipinski definition) is 0. The van der Waals surface area contributed by atoms with Crippen molar-refractivity contribution in [3.63, 3.8) is 0 Å². The summed E-state index contributed by atoms with van der Waals surface area (Å²) >= 11 is 3.23. The quantitative estimate of drug-likeness (QED) is 0.784. The molecule has 1 rings (SSSR count). The lowest BCUT2D eigenvalue weighted by Crippen LogP contribution is -2.36. The van der Waals surface area contributed by atoms with Crippen LogP contribution in [0.5, 0.6) is 0 Å². The molecule has 5 heteroatoms. The van der Waals surface area contributed by atoms with E-state index in [-0.39, 0.29) is 11.6 Å². The third-order valence-corrected chi connectivity index (χ3v) is 3.32. The van der Waals surface area contributed by atoms with Gasteiger partial charge < -0.3 is 4.90 Å². The second-order valence-electron chi connectivity index (χ2n) is 3.52. The highest BCUT2D eigenvalue weighted by Crippen LogP contribution is 2.14. The Balaban J connectivity index is 3.01. The highest BCUT2D eigenvalue weighted by atomic mass is 79.9. The maximum Gasteiger partial charge on any atom is 0.256 e. The van der Waals surface area contributed by atoms with Gasteiger partial charge in [-0.15, -0.1) is 0 Å². The number of carbonyl (C=O) groups excluding carboxylic acids is 1. The van der Waals surface area contributed by atoms with Crippen molar-refractivity contribution in [2.45, 2.75) is 13.0 Å². The largest absolute Gasteiger partial charge is 0.338 e. The van der Waals surface area contributed by atoms with Crippen molar-refractivity contribution in [2.24, 2.45) is 0 Å². The van der Waals surface area contributed by atoms with Gasteiger partial charge in [0.2, 0.25) is 0 Å². The molecule has 16 heavy (non-hydrogen) atoms. The van der Waals surface area contributed by atoms with E-state index in [0.29, 0.717) is 5.33 Å². The molecule has 1 unspecified atom stereocenters. The summed E-state index contributed by atoms with van der Waals surface area (Å²) in [5.41, 5.74) is -0.240. The van der Waals surface area contributed by atoms with E-state index in [4.69, 9.17) is 0 Å². The molecule has 0 aliphatic carbocycles. The van der Waals surface area contributed by atoms with Crippen molar-refractivity contribution in [2.75, 3.05) is 12.4 Å². The first-order valence-electron chi connectivity index (χ1n) is 4.76. The van der Waals surface area contributed by atoms with E-state index in [9.17, 15) is 13.6 Å². The summed E-state index contributed by atoms with van der Waals surface area (Å²) in [6, 6.07) is 3.49. The average Bonchev–Trinajstić information content (AvgIpc) is 2.29. The Morgan fingerprint density at radius 1 is 1.50 bits per heavy atom. The Bertz CT molecular complexity index is 398. The summed E-state index contributed by atoms with van der Waals surface area (Å²) in [5.74, 6) is -2.63. The molecule has 1 atom stereocenters. The van der Waals surface area contributed by atoms with Crippen LogP contribution in [0.2, 0.25) is 0 Å². The van der Waals surface area contributed by atoms with Crippen molar-refractivity contribution in [3.05, 3.63) is 35.4 Å². The molecular weight excluding hydrogens is 280 g/mol. The molecule has 2 nitrogen and oxygen atoms in total. The fourth-order valence-electron chi connectivity index (χ4n) is 1.16. The lowest BCUT2D eigenvalue weighted by molar-refractivity contribution is 0.0752. The van der Waals surface area contributed by atoms with Gasteiger partial charge in [0.05, 0.1) is 5.56 Å². The Kier molecular flexibility index (Phi) is 4.41. The Morgan fingerprint density at radius 3 is 2.69 bits per heavy atom. The third kappa shape index (κ3) is 2.58. The zero-order valence-electron chi connectivity index (χ0n) is 9.01. The molecule has 1 aromatic carbocycles. The second kappa shape index (κ2) is 5.39. The summed E-state index contributed by atoms with van der Waals surface area (Å²) in [4.78, 5) is 13.2. The van der Waals surface area contributed by atoms with Gasteiger partial charge in [-0.3, -0.25) is 4.79 Å². The molecule has 0 heterocycles. The van der Waals surface area contributed by atoms with Crippen LogP contribution in [0.25, 0.3) is 0 Å². The van der Waals surface area contributed by atoms with Gasteiger partial charge in [0.15, 0.2) is 11.6 Å². The van der Waals surface area contributed by atoms with Crippen LogP contribution >= 0.6 is 15.9 Å². The number of benzene rings is 1. The molecule has 1 aromatic rings. The van der Waals surface area contributed by atoms with Gasteiger partial charge >= 0.3 is 0 Å². The van der Waals surface area contributed by atoms with Gasteiger partial charge in [-0.1, -0.05) is 22.0 Å². The van der Waals surface area contributed by atoms with Gasteiger partial charge in [-0.25, -0.2) is 8.78 Å². The van der Waals surface area contributed by atoms with Crippen LogP contribution in [0.1, 0.15) is 17.3 Å². The summed E-state index contributed by atoms with van der Waals surface area (Å²) < 4.78 is 26.3. The monoisotopic (exact) mass is 291 g/mol. The molecule has 0 aliphatic rings. The SMILES string of the molecule is CC(CBr)N(C)C(=O)c1cccc(F)c1F. The minimum absolute atomic E-state index is 0.0878. The van der Waals surface area contributed by atoms with Crippen LogP contribution in [-0.4, -0.2) is 29.2 Å². The fourth-order valence-corrected chi connectivity index (χ4v) is 1.60. The molecule has 0 saturated carbocycles. The lowest BCUT2D eigenvalue weighted by atomic mass is 10.1. The molecule has 0 N–H and O–H groups in total. The highest BCUT2D eigenvalue weighted by Gasteiger charge is 2.21. The molecule has 1 amide bonds. The molecule has 0 aliphatic heterocycles.